The number of hydrogen-bond donors (Lipinski definition) is 2. The molecular weight excluding hydrogens is 92.1 g/mol. The van der Waals surface area contributed by atoms with Crippen LogP contribution < -0.4 is 11.4 Å². The zero-order valence-electron chi connectivity index (χ0n) is 3.70. The van der Waals surface area contributed by atoms with Crippen molar-refractivity contribution in [2.75, 3.05) is 5.53 Å². The second-order valence-corrected chi connectivity index (χ2v) is 1.08. The van der Waals surface area contributed by atoms with Crippen LogP contribution in [0.5, 0.6) is 0 Å². The van der Waals surface area contributed by atoms with Crippen LogP contribution in [0.1, 0.15) is 0 Å². The zero-order chi connectivity index (χ0) is 5.11. The molecular formula is C3H6N4. The molecule has 4 nitrogen and oxygen atoms in total. The highest BCUT2D eigenvalue weighted by Gasteiger charge is 1.75. The van der Waals surface area contributed by atoms with Gasteiger partial charge in [-0.15, -0.1) is 0 Å². The molecule has 0 unspecified atom stereocenters. The van der Waals surface area contributed by atoms with Gasteiger partial charge in [-0.3, -0.25) is 0 Å². The highest BCUT2D eigenvalue weighted by atomic mass is 15.6. The third-order valence-corrected chi connectivity index (χ3v) is 0.637. The van der Waals surface area contributed by atoms with Crippen LogP contribution in [0.2, 0.25) is 0 Å². The Kier molecular flexibility index (Phi) is 0.953. The van der Waals surface area contributed by atoms with Crippen LogP contribution in [0.3, 0.4) is 0 Å². The van der Waals surface area contributed by atoms with Gasteiger partial charge in [-0.05, 0) is 6.07 Å². The molecule has 0 radical (unpaired) electrons. The van der Waals surface area contributed by atoms with E-state index in [-0.39, 0.29) is 0 Å². The zero-order valence-corrected chi connectivity index (χ0v) is 3.70. The summed E-state index contributed by atoms with van der Waals surface area (Å²) >= 11 is 0. The number of hydrogen-bond acceptors (Lipinski definition) is 3. The van der Waals surface area contributed by atoms with Gasteiger partial charge in [-0.25, -0.2) is 11.4 Å². The predicted octanol–water partition coefficient (Wildman–Crippen LogP) is -0.700. The average molecular weight is 98.1 g/mol. The number of aromatic nitrogens is 2. The summed E-state index contributed by atoms with van der Waals surface area (Å²) in [5.74, 6) is 4.94. The molecule has 7 heavy (non-hydrogen) atoms. The fraction of sp³-hybridized carbons (Fsp3) is 0. The first-order valence-corrected chi connectivity index (χ1v) is 1.90. The minimum Gasteiger partial charge on any atom is -0.246 e. The van der Waals surface area contributed by atoms with Crippen molar-refractivity contribution < 1.29 is 0 Å². The van der Waals surface area contributed by atoms with Crippen LogP contribution in [0.15, 0.2) is 18.5 Å². The van der Waals surface area contributed by atoms with Gasteiger partial charge in [0.05, 0.1) is 6.20 Å². The molecule has 0 aliphatic carbocycles. The van der Waals surface area contributed by atoms with E-state index in [0.717, 1.165) is 0 Å². The van der Waals surface area contributed by atoms with Crippen molar-refractivity contribution >= 4 is 0 Å². The summed E-state index contributed by atoms with van der Waals surface area (Å²) in [5.41, 5.74) is 2.31. The molecule has 4 heteroatoms. The maximum Gasteiger partial charge on any atom is 0.0511 e. The van der Waals surface area contributed by atoms with E-state index >= 15 is 0 Å². The Morgan fingerprint density at radius 3 is 2.86 bits per heavy atom. The maximum absolute atomic E-state index is 4.94. The normalized spacial score (nSPS) is 8.71. The van der Waals surface area contributed by atoms with Gasteiger partial charge >= 0.3 is 0 Å². The largest absolute Gasteiger partial charge is 0.246 e. The highest BCUT2D eigenvalue weighted by molar-refractivity contribution is 4.78. The minimum absolute atomic E-state index is 1.40. The number of nitrogens with two attached hydrogens (primary N) is 1. The molecule has 1 aromatic heterocycles. The molecule has 0 saturated carbocycles. The molecule has 0 atom stereocenters. The second-order valence-electron chi connectivity index (χ2n) is 1.08. The third kappa shape index (κ3) is 0.690. The predicted molar refractivity (Wildman–Crippen MR) is 25.8 cm³/mol. The van der Waals surface area contributed by atoms with Crippen molar-refractivity contribution in [2.45, 2.75) is 0 Å². The van der Waals surface area contributed by atoms with Crippen molar-refractivity contribution in [2.24, 2.45) is 5.84 Å². The van der Waals surface area contributed by atoms with Gasteiger partial charge in [0, 0.05) is 6.20 Å². The molecule has 3 N–H and O–H groups in total. The van der Waals surface area contributed by atoms with E-state index in [1.165, 1.54) is 4.79 Å². The molecule has 0 saturated heterocycles. The Morgan fingerprint density at radius 2 is 2.57 bits per heavy atom. The summed E-state index contributed by atoms with van der Waals surface area (Å²) in [6, 6.07) is 1.78. The van der Waals surface area contributed by atoms with Crippen molar-refractivity contribution in [3.63, 3.8) is 0 Å². The Labute approximate surface area is 40.9 Å². The lowest BCUT2D eigenvalue weighted by Gasteiger charge is -1.92. The van der Waals surface area contributed by atoms with Gasteiger partial charge in [-0.1, -0.05) is 0 Å². The summed E-state index contributed by atoms with van der Waals surface area (Å²) in [7, 11) is 0. The quantitative estimate of drug-likeness (QED) is 0.360. The molecule has 0 bridgehead atoms. The van der Waals surface area contributed by atoms with Crippen LogP contribution >= 0.6 is 0 Å². The molecule has 1 aromatic rings. The maximum atomic E-state index is 4.94. The van der Waals surface area contributed by atoms with E-state index in [9.17, 15) is 0 Å². The number of rotatable bonds is 1. The fourth-order valence-corrected chi connectivity index (χ4v) is 0.345. The molecule has 0 spiro atoms. The first-order chi connectivity index (χ1) is 3.43. The van der Waals surface area contributed by atoms with Gasteiger partial charge in [0.1, 0.15) is 0 Å². The molecule has 0 fully saturated rings. The minimum atomic E-state index is 1.40. The standard InChI is InChI=1S/C3H6N4/c4-6-7-3-1-2-5-7/h1-3,6H,4H2. The summed E-state index contributed by atoms with van der Waals surface area (Å²) in [6.07, 6.45) is 3.35. The molecule has 0 aromatic carbocycles. The van der Waals surface area contributed by atoms with Crippen molar-refractivity contribution in [3.8, 4) is 0 Å². The number of nitrogen functional groups attached to an aromatic ring is 1. The SMILES string of the molecule is NNn1cccn1. The van der Waals surface area contributed by atoms with Crippen molar-refractivity contribution in [1.29, 1.82) is 0 Å². The van der Waals surface area contributed by atoms with E-state index in [2.05, 4.69) is 10.6 Å². The first kappa shape index (κ1) is 4.14. The van der Waals surface area contributed by atoms with E-state index in [0.29, 0.717) is 0 Å². The Morgan fingerprint density at radius 1 is 1.71 bits per heavy atom. The van der Waals surface area contributed by atoms with Gasteiger partial charge in [0.15, 0.2) is 0 Å². The smallest absolute Gasteiger partial charge is 0.0511 e. The van der Waals surface area contributed by atoms with Crippen LogP contribution in [-0.2, 0) is 0 Å². The van der Waals surface area contributed by atoms with E-state index in [1.54, 1.807) is 18.5 Å². The van der Waals surface area contributed by atoms with E-state index in [1.807, 2.05) is 0 Å². The first-order valence-electron chi connectivity index (χ1n) is 1.90. The Balaban J connectivity index is 2.76. The molecule has 0 aliphatic heterocycles. The molecule has 1 rings (SSSR count). The second kappa shape index (κ2) is 1.61. The number of nitrogens with one attached hydrogen (secondary N) is 1. The summed E-state index contributed by atoms with van der Waals surface area (Å²) in [4.78, 5) is 1.40. The monoisotopic (exact) mass is 98.1 g/mol. The molecule has 38 valence electrons. The van der Waals surface area contributed by atoms with Gasteiger partial charge in [0.2, 0.25) is 0 Å². The van der Waals surface area contributed by atoms with E-state index < -0.39 is 0 Å². The van der Waals surface area contributed by atoms with Crippen LogP contribution in [0.4, 0.5) is 0 Å². The summed E-state index contributed by atoms with van der Waals surface area (Å²) in [6.45, 7) is 0. The van der Waals surface area contributed by atoms with Gasteiger partial charge in [0.25, 0.3) is 0 Å². The van der Waals surface area contributed by atoms with Crippen LogP contribution in [0, 0.1) is 0 Å². The Hall–Kier alpha value is -1.03. The van der Waals surface area contributed by atoms with Crippen LogP contribution in [-0.4, -0.2) is 9.89 Å². The van der Waals surface area contributed by atoms with Crippen LogP contribution in [0.25, 0.3) is 0 Å². The van der Waals surface area contributed by atoms with E-state index in [4.69, 9.17) is 5.84 Å². The highest BCUT2D eigenvalue weighted by Crippen LogP contribution is 1.73. The summed E-state index contributed by atoms with van der Waals surface area (Å²) < 4.78 is 0. The third-order valence-electron chi connectivity index (χ3n) is 0.637. The number of hydrazine groups is 1. The van der Waals surface area contributed by atoms with Crippen molar-refractivity contribution in [1.82, 2.24) is 9.89 Å². The fourth-order valence-electron chi connectivity index (χ4n) is 0.345. The number of nitrogens with zero attached hydrogens (tertiary/aromatic N) is 2. The average Bonchev–Trinajstić information content (AvgIpc) is 2.14. The topological polar surface area (TPSA) is 55.9 Å². The van der Waals surface area contributed by atoms with Gasteiger partial charge in [-0.2, -0.15) is 9.89 Å². The van der Waals surface area contributed by atoms with Crippen molar-refractivity contribution in [3.05, 3.63) is 18.5 Å². The lowest BCUT2D eigenvalue weighted by Crippen LogP contribution is -2.21. The lowest BCUT2D eigenvalue weighted by molar-refractivity contribution is 0.753. The molecule has 1 heterocycles. The molecule has 0 amide bonds. The van der Waals surface area contributed by atoms with Gasteiger partial charge < -0.3 is 0 Å². The lowest BCUT2D eigenvalue weighted by atomic mass is 10.8. The molecule has 0 aliphatic rings. The Bertz CT molecular complexity index is 121. The summed E-state index contributed by atoms with van der Waals surface area (Å²) in [5, 5.41) is 3.72.